The van der Waals surface area contributed by atoms with E-state index in [9.17, 15) is 9.59 Å². The van der Waals surface area contributed by atoms with Crippen LogP contribution in [0.2, 0.25) is 0 Å². The Kier molecular flexibility index (Phi) is 7.11. The molecule has 2 heterocycles. The fraction of sp³-hybridized carbons (Fsp3) is 0.524. The number of methoxy groups -OCH3 is 1. The van der Waals surface area contributed by atoms with E-state index in [2.05, 4.69) is 9.97 Å². The molecule has 0 saturated carbocycles. The van der Waals surface area contributed by atoms with Crippen molar-refractivity contribution in [1.82, 2.24) is 19.8 Å². The predicted octanol–water partition coefficient (Wildman–Crippen LogP) is 1.58. The van der Waals surface area contributed by atoms with E-state index < -0.39 is 0 Å². The van der Waals surface area contributed by atoms with Crippen molar-refractivity contribution in [3.8, 4) is 0 Å². The van der Waals surface area contributed by atoms with Gasteiger partial charge in [0, 0.05) is 38.9 Å². The minimum Gasteiger partial charge on any atom is -0.382 e. The Bertz CT molecular complexity index is 886. The Morgan fingerprint density at radius 2 is 1.66 bits per heavy atom. The maximum absolute atomic E-state index is 13.0. The lowest BCUT2D eigenvalue weighted by atomic mass is 10.1. The van der Waals surface area contributed by atoms with E-state index >= 15 is 0 Å². The second kappa shape index (κ2) is 9.76. The van der Waals surface area contributed by atoms with Crippen LogP contribution in [0, 0.1) is 13.8 Å². The van der Waals surface area contributed by atoms with Crippen molar-refractivity contribution in [2.24, 2.45) is 0 Å². The Balaban J connectivity index is 1.62. The van der Waals surface area contributed by atoms with Crippen LogP contribution in [-0.4, -0.2) is 84.7 Å². The standard InChI is InChI=1S/C21H28N4O4/c1-15-16(2)23-19-13-17(5-6-18(19)22-15)21(27)25-8-4-7-24(9-10-25)20(26)14-29-12-11-28-3/h5-6,13H,4,7-12,14H2,1-3H3. The lowest BCUT2D eigenvalue weighted by molar-refractivity contribution is -0.136. The summed E-state index contributed by atoms with van der Waals surface area (Å²) in [5, 5.41) is 0. The molecular formula is C21H28N4O4. The molecule has 1 aliphatic heterocycles. The van der Waals surface area contributed by atoms with Gasteiger partial charge in [0.25, 0.3) is 5.91 Å². The summed E-state index contributed by atoms with van der Waals surface area (Å²) in [7, 11) is 1.59. The molecule has 3 rings (SSSR count). The van der Waals surface area contributed by atoms with Crippen molar-refractivity contribution in [3.05, 3.63) is 35.2 Å². The highest BCUT2D eigenvalue weighted by Crippen LogP contribution is 2.17. The predicted molar refractivity (Wildman–Crippen MR) is 109 cm³/mol. The highest BCUT2D eigenvalue weighted by atomic mass is 16.5. The first-order valence-electron chi connectivity index (χ1n) is 9.88. The highest BCUT2D eigenvalue weighted by Gasteiger charge is 2.23. The van der Waals surface area contributed by atoms with Gasteiger partial charge in [0.15, 0.2) is 0 Å². The number of aromatic nitrogens is 2. The summed E-state index contributed by atoms with van der Waals surface area (Å²) in [5.74, 6) is -0.0974. The van der Waals surface area contributed by atoms with Crippen LogP contribution in [0.5, 0.6) is 0 Å². The number of ether oxygens (including phenoxy) is 2. The Morgan fingerprint density at radius 3 is 2.41 bits per heavy atom. The smallest absolute Gasteiger partial charge is 0.253 e. The first-order valence-corrected chi connectivity index (χ1v) is 9.88. The molecule has 2 amide bonds. The van der Waals surface area contributed by atoms with E-state index in [1.54, 1.807) is 29.0 Å². The molecule has 1 fully saturated rings. The fourth-order valence-electron chi connectivity index (χ4n) is 3.31. The lowest BCUT2D eigenvalue weighted by Gasteiger charge is -2.22. The average Bonchev–Trinajstić information content (AvgIpc) is 2.97. The van der Waals surface area contributed by atoms with Crippen molar-refractivity contribution in [2.75, 3.05) is 53.1 Å². The molecule has 1 aromatic heterocycles. The van der Waals surface area contributed by atoms with E-state index in [1.165, 1.54) is 0 Å². The zero-order valence-electron chi connectivity index (χ0n) is 17.3. The summed E-state index contributed by atoms with van der Waals surface area (Å²) in [6.07, 6.45) is 0.737. The first kappa shape index (κ1) is 21.1. The van der Waals surface area contributed by atoms with Crippen molar-refractivity contribution >= 4 is 22.8 Å². The Morgan fingerprint density at radius 1 is 0.966 bits per heavy atom. The highest BCUT2D eigenvalue weighted by molar-refractivity contribution is 5.97. The molecule has 1 aromatic carbocycles. The van der Waals surface area contributed by atoms with Gasteiger partial charge >= 0.3 is 0 Å². The summed E-state index contributed by atoms with van der Waals surface area (Å²) in [5.41, 5.74) is 3.85. The van der Waals surface area contributed by atoms with E-state index in [0.717, 1.165) is 28.8 Å². The van der Waals surface area contributed by atoms with Crippen molar-refractivity contribution in [2.45, 2.75) is 20.3 Å². The van der Waals surface area contributed by atoms with Gasteiger partial charge in [-0.25, -0.2) is 9.97 Å². The van der Waals surface area contributed by atoms with Crippen LogP contribution in [0.15, 0.2) is 18.2 Å². The molecule has 156 valence electrons. The van der Waals surface area contributed by atoms with E-state index in [0.29, 0.717) is 45.0 Å². The third-order valence-corrected chi connectivity index (χ3v) is 5.12. The van der Waals surface area contributed by atoms with Gasteiger partial charge in [-0.3, -0.25) is 9.59 Å². The van der Waals surface area contributed by atoms with Crippen molar-refractivity contribution in [3.63, 3.8) is 0 Å². The van der Waals surface area contributed by atoms with E-state index in [-0.39, 0.29) is 18.4 Å². The minimum atomic E-state index is -0.0535. The number of hydrogen-bond donors (Lipinski definition) is 0. The molecule has 0 N–H and O–H groups in total. The fourth-order valence-corrected chi connectivity index (χ4v) is 3.31. The van der Waals surface area contributed by atoms with Gasteiger partial charge in [0.05, 0.1) is 35.6 Å². The van der Waals surface area contributed by atoms with Crippen molar-refractivity contribution in [1.29, 1.82) is 0 Å². The normalized spacial score (nSPS) is 14.9. The third kappa shape index (κ3) is 5.27. The average molecular weight is 400 g/mol. The summed E-state index contributed by atoms with van der Waals surface area (Å²) in [4.78, 5) is 37.9. The molecule has 2 aromatic rings. The summed E-state index contributed by atoms with van der Waals surface area (Å²) in [6.45, 7) is 6.98. The summed E-state index contributed by atoms with van der Waals surface area (Å²) < 4.78 is 10.2. The number of fused-ring (bicyclic) bond motifs is 1. The molecule has 0 unspecified atom stereocenters. The van der Waals surface area contributed by atoms with Gasteiger partial charge in [-0.1, -0.05) is 0 Å². The van der Waals surface area contributed by atoms with Gasteiger partial charge < -0.3 is 19.3 Å². The Hall–Kier alpha value is -2.58. The quantitative estimate of drug-likeness (QED) is 0.685. The second-order valence-electron chi connectivity index (χ2n) is 7.17. The summed E-state index contributed by atoms with van der Waals surface area (Å²) >= 11 is 0. The number of rotatable bonds is 6. The van der Waals surface area contributed by atoms with Crippen LogP contribution in [0.4, 0.5) is 0 Å². The van der Waals surface area contributed by atoms with Crippen LogP contribution in [0.1, 0.15) is 28.2 Å². The van der Waals surface area contributed by atoms with Gasteiger partial charge in [-0.15, -0.1) is 0 Å². The first-order chi connectivity index (χ1) is 14.0. The number of carbonyl (C=O) groups is 2. The van der Waals surface area contributed by atoms with E-state index in [1.807, 2.05) is 19.9 Å². The maximum Gasteiger partial charge on any atom is 0.253 e. The van der Waals surface area contributed by atoms with Gasteiger partial charge in [0.1, 0.15) is 6.61 Å². The Labute approximate surface area is 170 Å². The molecule has 1 saturated heterocycles. The molecular weight excluding hydrogens is 372 g/mol. The maximum atomic E-state index is 13.0. The minimum absolute atomic E-state index is 0.0411. The number of carbonyl (C=O) groups excluding carboxylic acids is 2. The van der Waals surface area contributed by atoms with Gasteiger partial charge in [-0.2, -0.15) is 0 Å². The number of benzene rings is 1. The zero-order chi connectivity index (χ0) is 20.8. The third-order valence-electron chi connectivity index (χ3n) is 5.12. The summed E-state index contributed by atoms with van der Waals surface area (Å²) in [6, 6.07) is 5.44. The number of nitrogens with zero attached hydrogens (tertiary/aromatic N) is 4. The van der Waals surface area contributed by atoms with Crippen LogP contribution >= 0.6 is 0 Å². The van der Waals surface area contributed by atoms with Gasteiger partial charge in [0.2, 0.25) is 5.91 Å². The monoisotopic (exact) mass is 400 g/mol. The molecule has 1 aliphatic rings. The SMILES string of the molecule is COCCOCC(=O)N1CCCN(C(=O)c2ccc3nc(C)c(C)nc3c2)CC1. The molecule has 0 atom stereocenters. The van der Waals surface area contributed by atoms with Crippen LogP contribution in [0.25, 0.3) is 11.0 Å². The second-order valence-corrected chi connectivity index (χ2v) is 7.17. The molecule has 0 spiro atoms. The van der Waals surface area contributed by atoms with Crippen LogP contribution in [-0.2, 0) is 14.3 Å². The number of aryl methyl sites for hydroxylation is 2. The number of amides is 2. The van der Waals surface area contributed by atoms with Crippen molar-refractivity contribution < 1.29 is 19.1 Å². The molecule has 0 aliphatic carbocycles. The number of hydrogen-bond acceptors (Lipinski definition) is 6. The largest absolute Gasteiger partial charge is 0.382 e. The molecule has 29 heavy (non-hydrogen) atoms. The van der Waals surface area contributed by atoms with Crippen LogP contribution < -0.4 is 0 Å². The van der Waals surface area contributed by atoms with Gasteiger partial charge in [-0.05, 0) is 38.5 Å². The molecule has 0 radical (unpaired) electrons. The zero-order valence-corrected chi connectivity index (χ0v) is 17.3. The van der Waals surface area contributed by atoms with E-state index in [4.69, 9.17) is 9.47 Å². The molecule has 8 heteroatoms. The lowest BCUT2D eigenvalue weighted by Crippen LogP contribution is -2.39. The molecule has 0 bridgehead atoms. The molecule has 8 nitrogen and oxygen atoms in total. The van der Waals surface area contributed by atoms with Crippen LogP contribution in [0.3, 0.4) is 0 Å². The topological polar surface area (TPSA) is 84.9 Å².